The lowest BCUT2D eigenvalue weighted by atomic mass is 9.60. The maximum absolute atomic E-state index is 11.2. The maximum Gasteiger partial charge on any atom is 0.120 e. The summed E-state index contributed by atoms with van der Waals surface area (Å²) in [7, 11) is 0. The topological polar surface area (TPSA) is 40.5 Å². The van der Waals surface area contributed by atoms with Crippen molar-refractivity contribution in [2.24, 2.45) is 5.92 Å². The predicted molar refractivity (Wildman–Crippen MR) is 124 cm³/mol. The molecule has 0 spiro atoms. The zero-order valence-corrected chi connectivity index (χ0v) is 17.4. The number of rotatable bonds is 3. The van der Waals surface area contributed by atoms with Gasteiger partial charge in [-0.05, 0) is 52.4 Å². The van der Waals surface area contributed by atoms with Crippen LogP contribution in [0.2, 0.25) is 0 Å². The number of phenols is 2. The average molecular weight is 397 g/mol. The van der Waals surface area contributed by atoms with Crippen LogP contribution in [0.25, 0.3) is 21.5 Å². The lowest BCUT2D eigenvalue weighted by molar-refractivity contribution is 0.247. The Morgan fingerprint density at radius 3 is 1.60 bits per heavy atom. The van der Waals surface area contributed by atoms with Crippen LogP contribution in [0.5, 0.6) is 11.5 Å². The number of fused-ring (bicyclic) bond motifs is 2. The molecule has 5 rings (SSSR count). The molecule has 1 saturated carbocycles. The summed E-state index contributed by atoms with van der Waals surface area (Å²) in [4.78, 5) is 0. The molecule has 0 amide bonds. The van der Waals surface area contributed by atoms with Crippen LogP contribution in [0.4, 0.5) is 0 Å². The molecule has 0 bridgehead atoms. The van der Waals surface area contributed by atoms with Crippen molar-refractivity contribution >= 4 is 21.5 Å². The Bertz CT molecular complexity index is 1130. The molecule has 0 unspecified atom stereocenters. The summed E-state index contributed by atoms with van der Waals surface area (Å²) in [6, 6.07) is 24.2. The Labute approximate surface area is 177 Å². The van der Waals surface area contributed by atoms with Gasteiger partial charge in [0.05, 0.1) is 0 Å². The lowest BCUT2D eigenvalue weighted by Gasteiger charge is -2.42. The van der Waals surface area contributed by atoms with Crippen molar-refractivity contribution in [1.82, 2.24) is 0 Å². The highest BCUT2D eigenvalue weighted by molar-refractivity contribution is 5.93. The largest absolute Gasteiger partial charge is 0.508 e. The van der Waals surface area contributed by atoms with E-state index in [0.717, 1.165) is 45.5 Å². The van der Waals surface area contributed by atoms with E-state index in [2.05, 4.69) is 31.2 Å². The summed E-state index contributed by atoms with van der Waals surface area (Å²) < 4.78 is 0. The van der Waals surface area contributed by atoms with E-state index in [1.54, 1.807) is 0 Å². The Balaban J connectivity index is 1.91. The maximum atomic E-state index is 11.2. The molecule has 0 aromatic heterocycles. The Morgan fingerprint density at radius 1 is 0.633 bits per heavy atom. The molecule has 0 radical (unpaired) electrons. The van der Waals surface area contributed by atoms with E-state index in [1.165, 1.54) is 19.3 Å². The molecule has 1 aliphatic carbocycles. The van der Waals surface area contributed by atoms with Crippen LogP contribution >= 0.6 is 0 Å². The Kier molecular flexibility index (Phi) is 4.66. The minimum Gasteiger partial charge on any atom is -0.508 e. The molecule has 1 aliphatic rings. The molecule has 0 saturated heterocycles. The van der Waals surface area contributed by atoms with Crippen molar-refractivity contribution in [1.29, 1.82) is 0 Å². The van der Waals surface area contributed by atoms with Gasteiger partial charge in [-0.25, -0.2) is 0 Å². The third-order valence-electron chi connectivity index (χ3n) is 7.27. The summed E-state index contributed by atoms with van der Waals surface area (Å²) in [5, 5.41) is 26.8. The molecule has 2 heteroatoms. The van der Waals surface area contributed by atoms with E-state index in [-0.39, 0.29) is 0 Å². The van der Waals surface area contributed by atoms with Gasteiger partial charge in [-0.3, -0.25) is 0 Å². The zero-order valence-electron chi connectivity index (χ0n) is 17.4. The number of phenolic OH excluding ortho intramolecular Hbond substituents is 2. The summed E-state index contributed by atoms with van der Waals surface area (Å²) in [5.41, 5.74) is 1.38. The Morgan fingerprint density at radius 2 is 1.10 bits per heavy atom. The highest BCUT2D eigenvalue weighted by atomic mass is 16.3. The van der Waals surface area contributed by atoms with Crippen LogP contribution in [0.3, 0.4) is 0 Å². The van der Waals surface area contributed by atoms with Crippen LogP contribution in [-0.2, 0) is 5.41 Å². The van der Waals surface area contributed by atoms with Crippen molar-refractivity contribution in [2.75, 3.05) is 0 Å². The third kappa shape index (κ3) is 2.86. The second-order valence-corrected chi connectivity index (χ2v) is 8.90. The molecule has 0 atom stereocenters. The minimum atomic E-state index is -0.504. The first kappa shape index (κ1) is 19.0. The van der Waals surface area contributed by atoms with E-state index in [0.29, 0.717) is 17.4 Å². The van der Waals surface area contributed by atoms with E-state index in [4.69, 9.17) is 0 Å². The first-order chi connectivity index (χ1) is 14.6. The molecule has 4 aromatic carbocycles. The predicted octanol–water partition coefficient (Wildman–Crippen LogP) is 7.29. The molecule has 0 aliphatic heterocycles. The standard InChI is InChI=1S/C28H28O2/c1-28(21-11-3-2-4-12-21,26-22-13-7-5-9-19(22)15-17-24(26)29)27-23-14-8-6-10-20(23)16-18-25(27)30/h5-10,13-18,21,29-30H,2-4,11-12H2,1H3. The van der Waals surface area contributed by atoms with Crippen LogP contribution in [0, 0.1) is 5.92 Å². The van der Waals surface area contributed by atoms with Gasteiger partial charge in [0.15, 0.2) is 0 Å². The summed E-state index contributed by atoms with van der Waals surface area (Å²) in [6.45, 7) is 2.24. The zero-order chi connectivity index (χ0) is 20.7. The van der Waals surface area contributed by atoms with Crippen molar-refractivity contribution in [3.05, 3.63) is 83.9 Å². The number of hydrogen-bond acceptors (Lipinski definition) is 2. The van der Waals surface area contributed by atoms with Gasteiger partial charge in [-0.1, -0.05) is 86.8 Å². The molecule has 1 fully saturated rings. The number of benzene rings is 4. The van der Waals surface area contributed by atoms with Gasteiger partial charge in [0.25, 0.3) is 0 Å². The van der Waals surface area contributed by atoms with Crippen molar-refractivity contribution in [3.8, 4) is 11.5 Å². The number of aromatic hydroxyl groups is 2. The molecule has 2 nitrogen and oxygen atoms in total. The van der Waals surface area contributed by atoms with Gasteiger partial charge in [0, 0.05) is 16.5 Å². The lowest BCUT2D eigenvalue weighted by Crippen LogP contribution is -2.35. The fraction of sp³-hybridized carbons (Fsp3) is 0.286. The first-order valence-electron chi connectivity index (χ1n) is 11.0. The minimum absolute atomic E-state index is 0.314. The van der Waals surface area contributed by atoms with Crippen LogP contribution < -0.4 is 0 Å². The van der Waals surface area contributed by atoms with E-state index in [9.17, 15) is 10.2 Å². The summed E-state index contributed by atoms with van der Waals surface area (Å²) >= 11 is 0. The van der Waals surface area contributed by atoms with Gasteiger partial charge < -0.3 is 10.2 Å². The van der Waals surface area contributed by atoms with Crippen molar-refractivity contribution in [2.45, 2.75) is 44.4 Å². The second kappa shape index (κ2) is 7.36. The van der Waals surface area contributed by atoms with E-state index in [1.807, 2.05) is 48.5 Å². The van der Waals surface area contributed by atoms with Crippen LogP contribution in [0.1, 0.15) is 50.2 Å². The van der Waals surface area contributed by atoms with Gasteiger partial charge >= 0.3 is 0 Å². The summed E-state index contributed by atoms with van der Waals surface area (Å²) in [6.07, 6.45) is 5.84. The van der Waals surface area contributed by atoms with Gasteiger partial charge in [0.2, 0.25) is 0 Å². The normalized spacial score (nSPS) is 15.6. The molecule has 30 heavy (non-hydrogen) atoms. The smallest absolute Gasteiger partial charge is 0.120 e. The van der Waals surface area contributed by atoms with Gasteiger partial charge in [-0.2, -0.15) is 0 Å². The fourth-order valence-electron chi connectivity index (χ4n) is 5.82. The van der Waals surface area contributed by atoms with Crippen LogP contribution in [-0.4, -0.2) is 10.2 Å². The first-order valence-corrected chi connectivity index (χ1v) is 11.0. The van der Waals surface area contributed by atoms with E-state index < -0.39 is 5.41 Å². The quantitative estimate of drug-likeness (QED) is 0.382. The van der Waals surface area contributed by atoms with Gasteiger partial charge in [0.1, 0.15) is 11.5 Å². The molecular weight excluding hydrogens is 368 g/mol. The highest BCUT2D eigenvalue weighted by Gasteiger charge is 2.43. The molecule has 152 valence electrons. The molecule has 0 heterocycles. The van der Waals surface area contributed by atoms with Crippen LogP contribution in [0.15, 0.2) is 72.8 Å². The average Bonchev–Trinajstić information content (AvgIpc) is 2.79. The highest BCUT2D eigenvalue weighted by Crippen LogP contribution is 2.54. The monoisotopic (exact) mass is 396 g/mol. The van der Waals surface area contributed by atoms with Crippen molar-refractivity contribution in [3.63, 3.8) is 0 Å². The Hall–Kier alpha value is -3.00. The number of hydrogen-bond donors (Lipinski definition) is 2. The fourth-order valence-corrected chi connectivity index (χ4v) is 5.82. The second-order valence-electron chi connectivity index (χ2n) is 8.90. The van der Waals surface area contributed by atoms with Crippen molar-refractivity contribution < 1.29 is 10.2 Å². The SMILES string of the molecule is CC(c1c(O)ccc2ccccc12)(c1c(O)ccc2ccccc12)C1CCCCC1. The van der Waals surface area contributed by atoms with E-state index >= 15 is 0 Å². The van der Waals surface area contributed by atoms with Gasteiger partial charge in [-0.15, -0.1) is 0 Å². The third-order valence-corrected chi connectivity index (χ3v) is 7.27. The summed E-state index contributed by atoms with van der Waals surface area (Å²) in [5.74, 6) is 0.975. The molecule has 2 N–H and O–H groups in total. The molecule has 4 aromatic rings. The molecular formula is C28H28O2.